The fraction of sp³-hybridized carbons (Fsp3) is 0.500. The zero-order valence-corrected chi connectivity index (χ0v) is 10.8. The SMILES string of the molecule is O=[N+]([O-])c1cc(CN2CCCNCC2)ccc1Cl. The van der Waals surface area contributed by atoms with Crippen LogP contribution in [0.4, 0.5) is 5.69 Å². The van der Waals surface area contributed by atoms with E-state index in [2.05, 4.69) is 10.2 Å². The Morgan fingerprint density at radius 2 is 2.22 bits per heavy atom. The van der Waals surface area contributed by atoms with Gasteiger partial charge >= 0.3 is 0 Å². The van der Waals surface area contributed by atoms with E-state index in [1.165, 1.54) is 0 Å². The third kappa shape index (κ3) is 3.41. The zero-order valence-electron chi connectivity index (χ0n) is 10.1. The van der Waals surface area contributed by atoms with E-state index in [4.69, 9.17) is 11.6 Å². The van der Waals surface area contributed by atoms with Gasteiger partial charge < -0.3 is 5.32 Å². The lowest BCUT2D eigenvalue weighted by Gasteiger charge is -2.19. The quantitative estimate of drug-likeness (QED) is 0.674. The second-order valence-electron chi connectivity index (χ2n) is 4.42. The summed E-state index contributed by atoms with van der Waals surface area (Å²) < 4.78 is 0. The van der Waals surface area contributed by atoms with Crippen molar-refractivity contribution in [1.82, 2.24) is 10.2 Å². The number of nitro groups is 1. The molecule has 1 aromatic rings. The van der Waals surface area contributed by atoms with Crippen molar-refractivity contribution in [2.24, 2.45) is 0 Å². The Morgan fingerprint density at radius 3 is 3.00 bits per heavy atom. The summed E-state index contributed by atoms with van der Waals surface area (Å²) in [5.74, 6) is 0. The van der Waals surface area contributed by atoms with Gasteiger partial charge in [-0.05, 0) is 31.1 Å². The van der Waals surface area contributed by atoms with Gasteiger partial charge in [-0.15, -0.1) is 0 Å². The Morgan fingerprint density at radius 1 is 1.39 bits per heavy atom. The number of benzene rings is 1. The van der Waals surface area contributed by atoms with Gasteiger partial charge in [-0.2, -0.15) is 0 Å². The highest BCUT2D eigenvalue weighted by Gasteiger charge is 2.15. The summed E-state index contributed by atoms with van der Waals surface area (Å²) in [6.45, 7) is 4.73. The average Bonchev–Trinajstić information content (AvgIpc) is 2.60. The minimum absolute atomic E-state index is 0.0119. The van der Waals surface area contributed by atoms with Crippen molar-refractivity contribution in [1.29, 1.82) is 0 Å². The van der Waals surface area contributed by atoms with E-state index in [0.29, 0.717) is 0 Å². The molecule has 18 heavy (non-hydrogen) atoms. The summed E-state index contributed by atoms with van der Waals surface area (Å²) >= 11 is 5.79. The lowest BCUT2D eigenvalue weighted by atomic mass is 10.2. The molecule has 0 atom stereocenters. The van der Waals surface area contributed by atoms with Gasteiger partial charge in [0.25, 0.3) is 5.69 Å². The molecule has 6 heteroatoms. The first-order valence-electron chi connectivity index (χ1n) is 6.03. The Balaban J connectivity index is 2.08. The van der Waals surface area contributed by atoms with Crippen LogP contribution in [0.25, 0.3) is 0 Å². The fourth-order valence-electron chi connectivity index (χ4n) is 2.11. The fourth-order valence-corrected chi connectivity index (χ4v) is 2.30. The summed E-state index contributed by atoms with van der Waals surface area (Å²) in [5.41, 5.74) is 0.926. The van der Waals surface area contributed by atoms with Gasteiger partial charge in [0.15, 0.2) is 0 Å². The molecule has 0 spiro atoms. The molecular weight excluding hydrogens is 254 g/mol. The molecule has 1 N–H and O–H groups in total. The molecule has 1 aliphatic rings. The summed E-state index contributed by atoms with van der Waals surface area (Å²) in [4.78, 5) is 12.7. The highest BCUT2D eigenvalue weighted by molar-refractivity contribution is 6.32. The maximum Gasteiger partial charge on any atom is 0.288 e. The standard InChI is InChI=1S/C12H16ClN3O2/c13-11-3-2-10(8-12(11)16(17)18)9-15-6-1-4-14-5-7-15/h2-3,8,14H,1,4-7,9H2. The van der Waals surface area contributed by atoms with Crippen molar-refractivity contribution in [2.45, 2.75) is 13.0 Å². The molecule has 0 unspecified atom stereocenters. The van der Waals surface area contributed by atoms with Crippen molar-refractivity contribution in [3.8, 4) is 0 Å². The molecule has 0 aromatic heterocycles. The smallest absolute Gasteiger partial charge is 0.288 e. The van der Waals surface area contributed by atoms with Crippen LogP contribution < -0.4 is 5.32 Å². The highest BCUT2D eigenvalue weighted by atomic mass is 35.5. The van der Waals surface area contributed by atoms with Gasteiger partial charge in [0.2, 0.25) is 0 Å². The van der Waals surface area contributed by atoms with E-state index >= 15 is 0 Å². The number of hydrogen-bond acceptors (Lipinski definition) is 4. The first kappa shape index (κ1) is 13.3. The van der Waals surface area contributed by atoms with Crippen LogP contribution in [0.2, 0.25) is 5.02 Å². The Hall–Kier alpha value is -1.17. The molecule has 5 nitrogen and oxygen atoms in total. The average molecular weight is 270 g/mol. The summed E-state index contributed by atoms with van der Waals surface area (Å²) in [6.07, 6.45) is 1.11. The molecular formula is C12H16ClN3O2. The van der Waals surface area contributed by atoms with E-state index in [-0.39, 0.29) is 10.7 Å². The maximum absolute atomic E-state index is 10.8. The predicted molar refractivity (Wildman–Crippen MR) is 70.9 cm³/mol. The highest BCUT2D eigenvalue weighted by Crippen LogP contribution is 2.25. The van der Waals surface area contributed by atoms with Crippen molar-refractivity contribution in [2.75, 3.05) is 26.2 Å². The molecule has 1 heterocycles. The van der Waals surface area contributed by atoms with Gasteiger partial charge in [-0.3, -0.25) is 15.0 Å². The largest absolute Gasteiger partial charge is 0.315 e. The maximum atomic E-state index is 10.8. The van der Waals surface area contributed by atoms with Gasteiger partial charge in [0.05, 0.1) is 4.92 Å². The lowest BCUT2D eigenvalue weighted by molar-refractivity contribution is -0.384. The van der Waals surface area contributed by atoms with Crippen LogP contribution in [0.1, 0.15) is 12.0 Å². The predicted octanol–water partition coefficient (Wildman–Crippen LogP) is 2.04. The van der Waals surface area contributed by atoms with E-state index in [1.54, 1.807) is 12.1 Å². The van der Waals surface area contributed by atoms with Crippen LogP contribution in [0, 0.1) is 10.1 Å². The van der Waals surface area contributed by atoms with Crippen LogP contribution in [-0.2, 0) is 6.54 Å². The first-order chi connectivity index (χ1) is 8.66. The molecule has 0 radical (unpaired) electrons. The molecule has 1 saturated heterocycles. The van der Waals surface area contributed by atoms with Crippen LogP contribution in [0.15, 0.2) is 18.2 Å². The minimum atomic E-state index is -0.435. The zero-order chi connectivity index (χ0) is 13.0. The molecule has 2 rings (SSSR count). The Labute approximate surface area is 111 Å². The molecule has 98 valence electrons. The van der Waals surface area contributed by atoms with Gasteiger partial charge in [0.1, 0.15) is 5.02 Å². The van der Waals surface area contributed by atoms with Crippen molar-refractivity contribution >= 4 is 17.3 Å². The van der Waals surface area contributed by atoms with Crippen LogP contribution in [-0.4, -0.2) is 36.0 Å². The van der Waals surface area contributed by atoms with Gasteiger partial charge in [-0.25, -0.2) is 0 Å². The second kappa shape index (κ2) is 6.13. The summed E-state index contributed by atoms with van der Waals surface area (Å²) in [6, 6.07) is 5.03. The van der Waals surface area contributed by atoms with Gasteiger partial charge in [-0.1, -0.05) is 17.7 Å². The molecule has 0 saturated carbocycles. The third-order valence-electron chi connectivity index (χ3n) is 3.05. The molecule has 0 amide bonds. The van der Waals surface area contributed by atoms with Crippen molar-refractivity contribution < 1.29 is 4.92 Å². The molecule has 1 fully saturated rings. The normalized spacial score (nSPS) is 17.4. The first-order valence-corrected chi connectivity index (χ1v) is 6.40. The Bertz CT molecular complexity index is 431. The van der Waals surface area contributed by atoms with Gasteiger partial charge in [0, 0.05) is 25.7 Å². The van der Waals surface area contributed by atoms with Crippen LogP contribution in [0.3, 0.4) is 0 Å². The van der Waals surface area contributed by atoms with E-state index in [0.717, 1.165) is 44.7 Å². The van der Waals surface area contributed by atoms with Crippen molar-refractivity contribution in [3.05, 3.63) is 38.9 Å². The number of hydrogen-bond donors (Lipinski definition) is 1. The molecule has 0 bridgehead atoms. The van der Waals surface area contributed by atoms with E-state index in [1.807, 2.05) is 6.07 Å². The lowest BCUT2D eigenvalue weighted by Crippen LogP contribution is -2.27. The minimum Gasteiger partial charge on any atom is -0.315 e. The monoisotopic (exact) mass is 269 g/mol. The Kier molecular flexibility index (Phi) is 4.52. The third-order valence-corrected chi connectivity index (χ3v) is 3.37. The van der Waals surface area contributed by atoms with Crippen LogP contribution >= 0.6 is 11.6 Å². The van der Waals surface area contributed by atoms with Crippen LogP contribution in [0.5, 0.6) is 0 Å². The molecule has 0 aliphatic carbocycles. The second-order valence-corrected chi connectivity index (χ2v) is 4.83. The van der Waals surface area contributed by atoms with E-state index in [9.17, 15) is 10.1 Å². The summed E-state index contributed by atoms with van der Waals surface area (Å²) in [7, 11) is 0. The molecule has 1 aromatic carbocycles. The number of halogens is 1. The summed E-state index contributed by atoms with van der Waals surface area (Å²) in [5, 5.41) is 14.3. The number of nitrogens with one attached hydrogen (secondary N) is 1. The molecule has 1 aliphatic heterocycles. The number of rotatable bonds is 3. The number of nitro benzene ring substituents is 1. The van der Waals surface area contributed by atoms with Crippen molar-refractivity contribution in [3.63, 3.8) is 0 Å². The topological polar surface area (TPSA) is 58.4 Å². The number of nitrogens with zero attached hydrogens (tertiary/aromatic N) is 2. The van der Waals surface area contributed by atoms with E-state index < -0.39 is 4.92 Å².